The van der Waals surface area contributed by atoms with Gasteiger partial charge in [-0.3, -0.25) is 14.4 Å². The van der Waals surface area contributed by atoms with Crippen molar-refractivity contribution in [3.8, 4) is 0 Å². The number of aliphatic carboxylic acids is 1. The summed E-state index contributed by atoms with van der Waals surface area (Å²) in [5, 5.41) is 11.1. The van der Waals surface area contributed by atoms with Crippen molar-refractivity contribution in [3.05, 3.63) is 0 Å². The fourth-order valence-corrected chi connectivity index (χ4v) is 3.02. The van der Waals surface area contributed by atoms with Crippen LogP contribution in [-0.4, -0.2) is 54.9 Å². The van der Waals surface area contributed by atoms with E-state index >= 15 is 0 Å². The number of carbonyl (C=O) groups is 3. The number of carboxylic acids is 1. The Labute approximate surface area is 154 Å². The maximum Gasteiger partial charge on any atom is 0.305 e. The number of primary amides is 1. The van der Waals surface area contributed by atoms with E-state index in [0.29, 0.717) is 19.1 Å². The summed E-state index contributed by atoms with van der Waals surface area (Å²) in [6, 6.07) is 0. The van der Waals surface area contributed by atoms with Gasteiger partial charge in [-0.25, -0.2) is 0 Å². The third-order valence-corrected chi connectivity index (χ3v) is 4.77. The number of hydrogen-bond donors (Lipinski definition) is 3. The zero-order valence-electron chi connectivity index (χ0n) is 15.8. The molecule has 8 heteroatoms. The van der Waals surface area contributed by atoms with E-state index in [-0.39, 0.29) is 42.7 Å². The lowest BCUT2D eigenvalue weighted by atomic mass is 9.72. The second-order valence-corrected chi connectivity index (χ2v) is 7.15. The first-order chi connectivity index (χ1) is 12.3. The predicted octanol–water partition coefficient (Wildman–Crippen LogP) is 1.21. The summed E-state index contributed by atoms with van der Waals surface area (Å²) in [6.45, 7) is 5.18. The van der Waals surface area contributed by atoms with Gasteiger partial charge in [0, 0.05) is 18.4 Å². The zero-order chi connectivity index (χ0) is 19.6. The number of nitrogens with one attached hydrogen (secondary N) is 1. The molecule has 26 heavy (non-hydrogen) atoms. The summed E-state index contributed by atoms with van der Waals surface area (Å²) < 4.78 is 11.6. The van der Waals surface area contributed by atoms with Crippen LogP contribution in [0.4, 0.5) is 0 Å². The Morgan fingerprint density at radius 1 is 1.35 bits per heavy atom. The minimum atomic E-state index is -0.911. The number of rotatable bonds is 9. The van der Waals surface area contributed by atoms with Crippen molar-refractivity contribution < 1.29 is 29.0 Å². The van der Waals surface area contributed by atoms with E-state index in [1.807, 2.05) is 6.92 Å². The van der Waals surface area contributed by atoms with E-state index in [2.05, 4.69) is 11.1 Å². The lowest BCUT2D eigenvalue weighted by Gasteiger charge is -2.46. The van der Waals surface area contributed by atoms with Gasteiger partial charge in [0.25, 0.3) is 0 Å². The van der Waals surface area contributed by atoms with Crippen molar-refractivity contribution in [1.29, 1.82) is 0 Å². The molecule has 3 fully saturated rings. The molecule has 2 aliphatic heterocycles. The van der Waals surface area contributed by atoms with Gasteiger partial charge in [-0.1, -0.05) is 6.92 Å². The Kier molecular flexibility index (Phi) is 9.58. The highest BCUT2D eigenvalue weighted by molar-refractivity contribution is 5.77. The standard InChI is InChI=1S/C15H25NO5.C3H7NO/c1-11(8-13(17)16-7-4-14(18)19)20-9-15-5-2-12(3-6-15)21-10-15;1-2-3(4)5/h11-12H,2-10H2,1H3,(H,16,17)(H,18,19);2H2,1H3,(H2,4,5). The summed E-state index contributed by atoms with van der Waals surface area (Å²) in [6.07, 6.45) is 5.47. The first-order valence-electron chi connectivity index (χ1n) is 9.26. The summed E-state index contributed by atoms with van der Waals surface area (Å²) >= 11 is 0. The van der Waals surface area contributed by atoms with Crippen LogP contribution in [0, 0.1) is 5.41 Å². The molecule has 3 rings (SSSR count). The first kappa shape index (κ1) is 22.4. The van der Waals surface area contributed by atoms with Crippen molar-refractivity contribution in [2.24, 2.45) is 11.1 Å². The highest BCUT2D eigenvalue weighted by Crippen LogP contribution is 2.43. The van der Waals surface area contributed by atoms with Gasteiger partial charge in [-0.05, 0) is 32.6 Å². The molecule has 1 aliphatic carbocycles. The number of nitrogens with two attached hydrogens (primary N) is 1. The Hall–Kier alpha value is -1.67. The molecule has 2 bridgehead atoms. The van der Waals surface area contributed by atoms with Crippen molar-refractivity contribution >= 4 is 17.8 Å². The molecule has 3 aliphatic rings. The Morgan fingerprint density at radius 2 is 1.96 bits per heavy atom. The summed E-state index contributed by atoms with van der Waals surface area (Å²) in [5.41, 5.74) is 4.79. The lowest BCUT2D eigenvalue weighted by Crippen LogP contribution is -2.46. The molecule has 0 aromatic rings. The number of fused-ring (bicyclic) bond motifs is 3. The molecule has 1 atom stereocenters. The Bertz CT molecular complexity index is 461. The van der Waals surface area contributed by atoms with Crippen LogP contribution < -0.4 is 11.1 Å². The molecule has 2 heterocycles. The van der Waals surface area contributed by atoms with Gasteiger partial charge >= 0.3 is 5.97 Å². The lowest BCUT2D eigenvalue weighted by molar-refractivity contribution is -0.150. The fraction of sp³-hybridized carbons (Fsp3) is 0.833. The highest BCUT2D eigenvalue weighted by Gasteiger charge is 2.41. The van der Waals surface area contributed by atoms with Crippen LogP contribution in [-0.2, 0) is 23.9 Å². The van der Waals surface area contributed by atoms with Gasteiger partial charge in [0.15, 0.2) is 0 Å². The number of carboxylic acid groups (broad SMARTS) is 1. The molecule has 150 valence electrons. The maximum atomic E-state index is 11.6. The van der Waals surface area contributed by atoms with E-state index in [0.717, 1.165) is 32.3 Å². The smallest absolute Gasteiger partial charge is 0.305 e. The molecule has 2 amide bonds. The van der Waals surface area contributed by atoms with E-state index in [1.54, 1.807) is 6.92 Å². The van der Waals surface area contributed by atoms with Crippen LogP contribution in [0.2, 0.25) is 0 Å². The zero-order valence-corrected chi connectivity index (χ0v) is 15.8. The molecule has 4 N–H and O–H groups in total. The van der Waals surface area contributed by atoms with Crippen molar-refractivity contribution in [2.45, 2.75) is 71.0 Å². The molecule has 2 saturated heterocycles. The van der Waals surface area contributed by atoms with Crippen molar-refractivity contribution in [1.82, 2.24) is 5.32 Å². The molecule has 1 saturated carbocycles. The van der Waals surface area contributed by atoms with Crippen LogP contribution in [0.5, 0.6) is 0 Å². The van der Waals surface area contributed by atoms with Crippen LogP contribution in [0.25, 0.3) is 0 Å². The number of ether oxygens (including phenoxy) is 2. The van der Waals surface area contributed by atoms with Crippen LogP contribution in [0.15, 0.2) is 0 Å². The van der Waals surface area contributed by atoms with Crippen LogP contribution >= 0.6 is 0 Å². The highest BCUT2D eigenvalue weighted by atomic mass is 16.5. The van der Waals surface area contributed by atoms with E-state index in [1.165, 1.54) is 0 Å². The van der Waals surface area contributed by atoms with E-state index in [4.69, 9.17) is 14.6 Å². The Balaban J connectivity index is 0.000000597. The minimum absolute atomic E-state index is 0.0530. The second-order valence-electron chi connectivity index (χ2n) is 7.15. The number of hydrogen-bond acceptors (Lipinski definition) is 5. The molecular weight excluding hydrogens is 340 g/mol. The first-order valence-corrected chi connectivity index (χ1v) is 9.26. The second kappa shape index (κ2) is 11.1. The van der Waals surface area contributed by atoms with Gasteiger partial charge < -0.3 is 25.6 Å². The fourth-order valence-electron chi connectivity index (χ4n) is 3.02. The molecule has 1 unspecified atom stereocenters. The third kappa shape index (κ3) is 8.62. The summed E-state index contributed by atoms with van der Waals surface area (Å²) in [5.74, 6) is -1.32. The van der Waals surface area contributed by atoms with Gasteiger partial charge in [0.2, 0.25) is 11.8 Å². The van der Waals surface area contributed by atoms with Gasteiger partial charge in [-0.15, -0.1) is 0 Å². The SMILES string of the molecule is CC(CC(=O)NCCC(=O)O)OCC12CCC(CC1)OC2.CCC(N)=O. The van der Waals surface area contributed by atoms with E-state index in [9.17, 15) is 14.4 Å². The average molecular weight is 372 g/mol. The molecular formula is C18H32N2O6. The molecule has 0 aromatic carbocycles. The normalized spacial score (nSPS) is 24.9. The molecule has 8 nitrogen and oxygen atoms in total. The van der Waals surface area contributed by atoms with Gasteiger partial charge in [0.05, 0.1) is 38.3 Å². The van der Waals surface area contributed by atoms with E-state index < -0.39 is 5.97 Å². The topological polar surface area (TPSA) is 128 Å². The van der Waals surface area contributed by atoms with Gasteiger partial charge in [-0.2, -0.15) is 0 Å². The number of amides is 2. The summed E-state index contributed by atoms with van der Waals surface area (Å²) in [7, 11) is 0. The monoisotopic (exact) mass is 372 g/mol. The maximum absolute atomic E-state index is 11.6. The predicted molar refractivity (Wildman–Crippen MR) is 95.4 cm³/mol. The molecule has 0 aromatic heterocycles. The average Bonchev–Trinajstić information content (AvgIpc) is 2.62. The van der Waals surface area contributed by atoms with Crippen molar-refractivity contribution in [3.63, 3.8) is 0 Å². The number of carbonyl (C=O) groups excluding carboxylic acids is 2. The third-order valence-electron chi connectivity index (χ3n) is 4.77. The molecule has 0 radical (unpaired) electrons. The van der Waals surface area contributed by atoms with Crippen molar-refractivity contribution in [2.75, 3.05) is 19.8 Å². The Morgan fingerprint density at radius 3 is 2.42 bits per heavy atom. The minimum Gasteiger partial charge on any atom is -0.481 e. The van der Waals surface area contributed by atoms with Gasteiger partial charge in [0.1, 0.15) is 0 Å². The quantitative estimate of drug-likeness (QED) is 0.558. The van der Waals surface area contributed by atoms with Crippen LogP contribution in [0.3, 0.4) is 0 Å². The van der Waals surface area contributed by atoms with Crippen LogP contribution in [0.1, 0.15) is 58.8 Å². The summed E-state index contributed by atoms with van der Waals surface area (Å²) in [4.78, 5) is 31.6. The molecule has 0 spiro atoms. The largest absolute Gasteiger partial charge is 0.481 e.